The molecule has 0 aliphatic carbocycles. The van der Waals surface area contributed by atoms with Gasteiger partial charge in [-0.2, -0.15) is 5.10 Å². The Morgan fingerprint density at radius 2 is 1.94 bits per heavy atom. The maximum atomic E-state index is 5.60. The van der Waals surface area contributed by atoms with Crippen molar-refractivity contribution in [3.8, 4) is 17.3 Å². The summed E-state index contributed by atoms with van der Waals surface area (Å²) in [6.45, 7) is 0. The van der Waals surface area contributed by atoms with Crippen LogP contribution in [-0.4, -0.2) is 14.8 Å². The summed E-state index contributed by atoms with van der Waals surface area (Å²) in [5.41, 5.74) is 0.959. The van der Waals surface area contributed by atoms with Crippen LogP contribution < -0.4 is 0 Å². The van der Waals surface area contributed by atoms with Gasteiger partial charge in [-0.05, 0) is 18.2 Å². The first-order chi connectivity index (χ1) is 7.93. The Kier molecular flexibility index (Phi) is 2.04. The second-order valence-electron chi connectivity index (χ2n) is 3.32. The lowest BCUT2D eigenvalue weighted by Gasteiger charge is -1.94. The molecule has 0 bridgehead atoms. The van der Waals surface area contributed by atoms with Gasteiger partial charge in [0, 0.05) is 18.0 Å². The van der Waals surface area contributed by atoms with Crippen LogP contribution >= 0.6 is 0 Å². The van der Waals surface area contributed by atoms with Gasteiger partial charge in [0.15, 0.2) is 0 Å². The summed E-state index contributed by atoms with van der Waals surface area (Å²) in [4.78, 5) is 4.21. The molecule has 1 aromatic carbocycles. The summed E-state index contributed by atoms with van der Waals surface area (Å²) in [6, 6.07) is 11.6. The van der Waals surface area contributed by atoms with E-state index in [4.69, 9.17) is 4.42 Å². The Morgan fingerprint density at radius 3 is 2.69 bits per heavy atom. The van der Waals surface area contributed by atoms with E-state index in [0.717, 1.165) is 5.56 Å². The molecular weight excluding hydrogens is 202 g/mol. The van der Waals surface area contributed by atoms with E-state index in [1.54, 1.807) is 17.1 Å². The average Bonchev–Trinajstić information content (AvgIpc) is 3.01. The summed E-state index contributed by atoms with van der Waals surface area (Å²) in [5.74, 6) is 1.22. The molecule has 0 spiro atoms. The highest BCUT2D eigenvalue weighted by molar-refractivity contribution is 5.53. The zero-order valence-corrected chi connectivity index (χ0v) is 8.45. The van der Waals surface area contributed by atoms with Crippen molar-refractivity contribution in [2.45, 2.75) is 0 Å². The van der Waals surface area contributed by atoms with E-state index in [-0.39, 0.29) is 0 Å². The van der Waals surface area contributed by atoms with Gasteiger partial charge >= 0.3 is 0 Å². The predicted molar refractivity (Wildman–Crippen MR) is 59.1 cm³/mol. The zero-order valence-electron chi connectivity index (χ0n) is 8.45. The average molecular weight is 211 g/mol. The van der Waals surface area contributed by atoms with Crippen molar-refractivity contribution in [2.24, 2.45) is 0 Å². The van der Waals surface area contributed by atoms with Gasteiger partial charge in [-0.1, -0.05) is 18.2 Å². The first-order valence-corrected chi connectivity index (χ1v) is 4.95. The van der Waals surface area contributed by atoms with Crippen LogP contribution in [-0.2, 0) is 0 Å². The Morgan fingerprint density at radius 1 is 1.06 bits per heavy atom. The molecule has 0 fully saturated rings. The standard InChI is InChI=1S/C12H9N3O/c1-2-5-10(6-3-1)12-13-9-11(16-12)15-8-4-7-14-15/h1-9H. The Labute approximate surface area is 92.2 Å². The Hall–Kier alpha value is -2.36. The van der Waals surface area contributed by atoms with Gasteiger partial charge in [0.2, 0.25) is 11.8 Å². The van der Waals surface area contributed by atoms with Crippen molar-refractivity contribution < 1.29 is 4.42 Å². The van der Waals surface area contributed by atoms with E-state index in [9.17, 15) is 0 Å². The fourth-order valence-corrected chi connectivity index (χ4v) is 1.48. The van der Waals surface area contributed by atoms with Crippen molar-refractivity contribution in [3.05, 3.63) is 55.0 Å². The second kappa shape index (κ2) is 3.66. The fourth-order valence-electron chi connectivity index (χ4n) is 1.48. The summed E-state index contributed by atoms with van der Waals surface area (Å²) in [5, 5.41) is 4.08. The lowest BCUT2D eigenvalue weighted by Crippen LogP contribution is -1.90. The van der Waals surface area contributed by atoms with Crippen LogP contribution in [0, 0.1) is 0 Å². The molecule has 0 radical (unpaired) electrons. The molecule has 2 aromatic heterocycles. The third kappa shape index (κ3) is 1.50. The SMILES string of the molecule is c1ccc(-c2ncc(-n3cccn3)o2)cc1. The number of hydrogen-bond acceptors (Lipinski definition) is 3. The van der Waals surface area contributed by atoms with Gasteiger partial charge < -0.3 is 4.42 Å². The molecule has 0 atom stereocenters. The van der Waals surface area contributed by atoms with Crippen molar-refractivity contribution >= 4 is 0 Å². The van der Waals surface area contributed by atoms with Crippen LogP contribution in [0.1, 0.15) is 0 Å². The predicted octanol–water partition coefficient (Wildman–Crippen LogP) is 2.53. The van der Waals surface area contributed by atoms with Crippen LogP contribution in [0.25, 0.3) is 17.3 Å². The number of benzene rings is 1. The maximum absolute atomic E-state index is 5.60. The molecule has 4 heteroatoms. The van der Waals surface area contributed by atoms with Crippen molar-refractivity contribution in [2.75, 3.05) is 0 Å². The number of oxazole rings is 1. The quantitative estimate of drug-likeness (QED) is 0.654. The van der Waals surface area contributed by atoms with Crippen LogP contribution in [0.5, 0.6) is 0 Å². The Bertz CT molecular complexity index is 569. The van der Waals surface area contributed by atoms with Crippen LogP contribution in [0.2, 0.25) is 0 Å². The molecule has 4 nitrogen and oxygen atoms in total. The normalized spacial score (nSPS) is 10.5. The highest BCUT2D eigenvalue weighted by atomic mass is 16.4. The molecule has 0 saturated carbocycles. The number of aromatic nitrogens is 3. The van der Waals surface area contributed by atoms with Crippen LogP contribution in [0.4, 0.5) is 0 Å². The molecule has 0 aliphatic rings. The van der Waals surface area contributed by atoms with E-state index < -0.39 is 0 Å². The summed E-state index contributed by atoms with van der Waals surface area (Å²) >= 11 is 0. The number of nitrogens with zero attached hydrogens (tertiary/aromatic N) is 3. The summed E-state index contributed by atoms with van der Waals surface area (Å²) in [6.07, 6.45) is 5.18. The first-order valence-electron chi connectivity index (χ1n) is 4.95. The molecule has 0 aliphatic heterocycles. The van der Waals surface area contributed by atoms with Gasteiger partial charge in [-0.3, -0.25) is 0 Å². The monoisotopic (exact) mass is 211 g/mol. The fraction of sp³-hybridized carbons (Fsp3) is 0. The molecule has 3 aromatic rings. The molecule has 16 heavy (non-hydrogen) atoms. The highest BCUT2D eigenvalue weighted by Crippen LogP contribution is 2.19. The largest absolute Gasteiger partial charge is 0.418 e. The molecule has 2 heterocycles. The minimum Gasteiger partial charge on any atom is -0.418 e. The molecular formula is C12H9N3O. The first kappa shape index (κ1) is 8.91. The second-order valence-corrected chi connectivity index (χ2v) is 3.32. The van der Waals surface area contributed by atoms with Gasteiger partial charge in [0.25, 0.3) is 0 Å². The molecule has 0 unspecified atom stereocenters. The number of hydrogen-bond donors (Lipinski definition) is 0. The van der Waals surface area contributed by atoms with E-state index in [1.165, 1.54) is 0 Å². The smallest absolute Gasteiger partial charge is 0.241 e. The van der Waals surface area contributed by atoms with Crippen LogP contribution in [0.3, 0.4) is 0 Å². The van der Waals surface area contributed by atoms with Crippen LogP contribution in [0.15, 0.2) is 59.4 Å². The summed E-state index contributed by atoms with van der Waals surface area (Å²) in [7, 11) is 0. The third-order valence-corrected chi connectivity index (χ3v) is 2.24. The van der Waals surface area contributed by atoms with E-state index in [2.05, 4.69) is 10.1 Å². The third-order valence-electron chi connectivity index (χ3n) is 2.24. The molecule has 0 N–H and O–H groups in total. The van der Waals surface area contributed by atoms with Gasteiger partial charge in [-0.25, -0.2) is 9.67 Å². The van der Waals surface area contributed by atoms with Gasteiger partial charge in [-0.15, -0.1) is 0 Å². The van der Waals surface area contributed by atoms with E-state index in [1.807, 2.05) is 42.6 Å². The molecule has 78 valence electrons. The topological polar surface area (TPSA) is 43.9 Å². The molecule has 0 saturated heterocycles. The van der Waals surface area contributed by atoms with E-state index in [0.29, 0.717) is 11.8 Å². The van der Waals surface area contributed by atoms with E-state index >= 15 is 0 Å². The zero-order chi connectivity index (χ0) is 10.8. The van der Waals surface area contributed by atoms with Crippen molar-refractivity contribution in [3.63, 3.8) is 0 Å². The number of rotatable bonds is 2. The minimum absolute atomic E-state index is 0.603. The van der Waals surface area contributed by atoms with Gasteiger partial charge in [0.05, 0.1) is 6.20 Å². The van der Waals surface area contributed by atoms with Gasteiger partial charge in [0.1, 0.15) is 0 Å². The van der Waals surface area contributed by atoms with Crippen molar-refractivity contribution in [1.29, 1.82) is 0 Å². The van der Waals surface area contributed by atoms with Crippen molar-refractivity contribution in [1.82, 2.24) is 14.8 Å². The lowest BCUT2D eigenvalue weighted by atomic mass is 10.2. The maximum Gasteiger partial charge on any atom is 0.241 e. The molecule has 3 rings (SSSR count). The minimum atomic E-state index is 0.603. The Balaban J connectivity index is 2.00. The molecule has 0 amide bonds. The summed E-state index contributed by atoms with van der Waals surface area (Å²) < 4.78 is 7.24. The lowest BCUT2D eigenvalue weighted by molar-refractivity contribution is 0.530. The highest BCUT2D eigenvalue weighted by Gasteiger charge is 2.06.